The Morgan fingerprint density at radius 1 is 1.56 bits per heavy atom. The molecule has 16 heavy (non-hydrogen) atoms. The van der Waals surface area contributed by atoms with Crippen molar-refractivity contribution < 1.29 is 14.6 Å². The van der Waals surface area contributed by atoms with Gasteiger partial charge in [0.25, 0.3) is 0 Å². The molecule has 0 amide bonds. The zero-order valence-electron chi connectivity index (χ0n) is 8.56. The summed E-state index contributed by atoms with van der Waals surface area (Å²) in [6, 6.07) is 5.06. The monoisotopic (exact) mass is 222 g/mol. The van der Waals surface area contributed by atoms with Crippen LogP contribution < -0.4 is 10.4 Å². The van der Waals surface area contributed by atoms with Gasteiger partial charge in [-0.05, 0) is 12.1 Å². The molecule has 6 nitrogen and oxygen atoms in total. The van der Waals surface area contributed by atoms with E-state index in [-0.39, 0.29) is 5.69 Å². The number of hydrogen-bond acceptors (Lipinski definition) is 3. The first kappa shape index (κ1) is 10.3. The number of ether oxygens (including phenoxy) is 1. The van der Waals surface area contributed by atoms with Crippen LogP contribution in [-0.4, -0.2) is 27.2 Å². The van der Waals surface area contributed by atoms with Crippen molar-refractivity contribution in [2.75, 3.05) is 6.61 Å². The van der Waals surface area contributed by atoms with Crippen molar-refractivity contribution in [2.24, 2.45) is 7.05 Å². The quantitative estimate of drug-likeness (QED) is 0.783. The molecule has 0 saturated carbocycles. The number of nitrogens with one attached hydrogen (secondary N) is 1. The molecule has 0 unspecified atom stereocenters. The number of fused-ring (bicyclic) bond motifs is 1. The second kappa shape index (κ2) is 3.73. The van der Waals surface area contributed by atoms with Crippen molar-refractivity contribution in [1.29, 1.82) is 0 Å². The fraction of sp³-hybridized carbons (Fsp3) is 0.200. The molecule has 0 aliphatic heterocycles. The molecule has 0 radical (unpaired) electrons. The summed E-state index contributed by atoms with van der Waals surface area (Å²) < 4.78 is 6.50. The van der Waals surface area contributed by atoms with Crippen LogP contribution in [0.1, 0.15) is 0 Å². The number of carboxylic acids is 1. The number of aromatic nitrogens is 2. The Morgan fingerprint density at radius 2 is 2.31 bits per heavy atom. The first-order chi connectivity index (χ1) is 7.59. The smallest absolute Gasteiger partial charge is 0.341 e. The van der Waals surface area contributed by atoms with Gasteiger partial charge in [-0.25, -0.2) is 9.59 Å². The number of imidazole rings is 1. The maximum Gasteiger partial charge on any atom is 0.341 e. The molecule has 0 aliphatic rings. The van der Waals surface area contributed by atoms with Gasteiger partial charge in [-0.15, -0.1) is 0 Å². The minimum atomic E-state index is -1.06. The lowest BCUT2D eigenvalue weighted by Gasteiger charge is -2.03. The molecule has 2 N–H and O–H groups in total. The predicted molar refractivity (Wildman–Crippen MR) is 56.7 cm³/mol. The third-order valence-electron chi connectivity index (χ3n) is 2.25. The molecule has 6 heteroatoms. The lowest BCUT2D eigenvalue weighted by Crippen LogP contribution is -2.11. The van der Waals surface area contributed by atoms with Crippen molar-refractivity contribution in [2.45, 2.75) is 0 Å². The van der Waals surface area contributed by atoms with Crippen LogP contribution in [-0.2, 0) is 11.8 Å². The zero-order valence-corrected chi connectivity index (χ0v) is 8.56. The Bertz CT molecular complexity index is 596. The van der Waals surface area contributed by atoms with Gasteiger partial charge >= 0.3 is 11.7 Å². The van der Waals surface area contributed by atoms with E-state index in [1.165, 1.54) is 4.57 Å². The van der Waals surface area contributed by atoms with Gasteiger partial charge in [0.05, 0.1) is 5.52 Å². The zero-order chi connectivity index (χ0) is 11.7. The second-order valence-corrected chi connectivity index (χ2v) is 3.32. The van der Waals surface area contributed by atoms with Gasteiger partial charge in [0.2, 0.25) is 0 Å². The Morgan fingerprint density at radius 3 is 3.00 bits per heavy atom. The van der Waals surface area contributed by atoms with Gasteiger partial charge in [-0.3, -0.25) is 4.57 Å². The number of para-hydroxylation sites is 1. The summed E-state index contributed by atoms with van der Waals surface area (Å²) in [5.41, 5.74) is 0.922. The van der Waals surface area contributed by atoms with Crippen molar-refractivity contribution in [1.82, 2.24) is 9.55 Å². The molecule has 1 aromatic heterocycles. The summed E-state index contributed by atoms with van der Waals surface area (Å²) >= 11 is 0. The highest BCUT2D eigenvalue weighted by atomic mass is 16.5. The van der Waals surface area contributed by atoms with E-state index >= 15 is 0 Å². The number of rotatable bonds is 3. The van der Waals surface area contributed by atoms with E-state index in [0.717, 1.165) is 0 Å². The number of aromatic amines is 1. The van der Waals surface area contributed by atoms with Gasteiger partial charge in [0.15, 0.2) is 6.61 Å². The molecule has 2 aromatic rings. The summed E-state index contributed by atoms with van der Waals surface area (Å²) in [5.74, 6) is -0.701. The second-order valence-electron chi connectivity index (χ2n) is 3.32. The van der Waals surface area contributed by atoms with Gasteiger partial charge in [0, 0.05) is 7.05 Å². The SMILES string of the molecule is Cn1c(=O)[nH]c2c(OCC(=O)O)cccc21. The molecule has 0 saturated heterocycles. The van der Waals surface area contributed by atoms with Crippen LogP contribution in [0.2, 0.25) is 0 Å². The summed E-state index contributed by atoms with van der Waals surface area (Å²) in [6.07, 6.45) is 0. The molecule has 0 atom stereocenters. The summed E-state index contributed by atoms with van der Waals surface area (Å²) in [6.45, 7) is -0.434. The van der Waals surface area contributed by atoms with Crippen LogP contribution >= 0.6 is 0 Å². The molecule has 1 aromatic carbocycles. The average molecular weight is 222 g/mol. The molecule has 2 rings (SSSR count). The fourth-order valence-corrected chi connectivity index (χ4v) is 1.48. The summed E-state index contributed by atoms with van der Waals surface area (Å²) in [7, 11) is 1.63. The lowest BCUT2D eigenvalue weighted by molar-refractivity contribution is -0.139. The van der Waals surface area contributed by atoms with Gasteiger partial charge < -0.3 is 14.8 Å². The Kier molecular flexibility index (Phi) is 2.40. The van der Waals surface area contributed by atoms with Crippen molar-refractivity contribution in [3.63, 3.8) is 0 Å². The van der Waals surface area contributed by atoms with Crippen molar-refractivity contribution >= 4 is 17.0 Å². The number of carboxylic acid groups (broad SMARTS) is 1. The summed E-state index contributed by atoms with van der Waals surface area (Å²) in [4.78, 5) is 24.4. The van der Waals surface area contributed by atoms with E-state index in [9.17, 15) is 9.59 Å². The van der Waals surface area contributed by atoms with Crippen LogP contribution in [0.3, 0.4) is 0 Å². The number of H-pyrrole nitrogens is 1. The van der Waals surface area contributed by atoms with Crippen LogP contribution in [0.5, 0.6) is 5.75 Å². The fourth-order valence-electron chi connectivity index (χ4n) is 1.48. The Hall–Kier alpha value is -2.24. The highest BCUT2D eigenvalue weighted by Gasteiger charge is 2.09. The third-order valence-corrected chi connectivity index (χ3v) is 2.25. The van der Waals surface area contributed by atoms with Crippen LogP contribution in [0, 0.1) is 0 Å². The molecule has 84 valence electrons. The van der Waals surface area contributed by atoms with Crippen LogP contribution in [0.15, 0.2) is 23.0 Å². The van der Waals surface area contributed by atoms with E-state index in [1.54, 1.807) is 25.2 Å². The van der Waals surface area contributed by atoms with Crippen molar-refractivity contribution in [3.05, 3.63) is 28.7 Å². The number of carbonyl (C=O) groups is 1. The average Bonchev–Trinajstić information content (AvgIpc) is 2.53. The first-order valence-corrected chi connectivity index (χ1v) is 4.62. The number of hydrogen-bond donors (Lipinski definition) is 2. The molecule has 1 heterocycles. The Labute approximate surface area is 90.1 Å². The van der Waals surface area contributed by atoms with Gasteiger partial charge in [0.1, 0.15) is 11.3 Å². The normalized spacial score (nSPS) is 10.6. The number of benzene rings is 1. The first-order valence-electron chi connectivity index (χ1n) is 4.62. The largest absolute Gasteiger partial charge is 0.480 e. The highest BCUT2D eigenvalue weighted by molar-refractivity contribution is 5.82. The van der Waals surface area contributed by atoms with Gasteiger partial charge in [-0.1, -0.05) is 6.07 Å². The van der Waals surface area contributed by atoms with E-state index in [4.69, 9.17) is 9.84 Å². The van der Waals surface area contributed by atoms with E-state index in [0.29, 0.717) is 16.8 Å². The number of aryl methyl sites for hydroxylation is 1. The molecule has 0 fully saturated rings. The van der Waals surface area contributed by atoms with Crippen LogP contribution in [0.4, 0.5) is 0 Å². The molecule has 0 bridgehead atoms. The van der Waals surface area contributed by atoms with Crippen molar-refractivity contribution in [3.8, 4) is 5.75 Å². The molecular weight excluding hydrogens is 212 g/mol. The Balaban J connectivity index is 2.50. The summed E-state index contributed by atoms with van der Waals surface area (Å²) in [5, 5.41) is 8.50. The molecular formula is C10H10N2O4. The minimum Gasteiger partial charge on any atom is -0.480 e. The minimum absolute atomic E-state index is 0.263. The predicted octanol–water partition coefficient (Wildman–Crippen LogP) is 0.330. The third kappa shape index (κ3) is 1.65. The molecule has 0 spiro atoms. The van der Waals surface area contributed by atoms with Crippen LogP contribution in [0.25, 0.3) is 11.0 Å². The number of aliphatic carboxylic acids is 1. The molecule has 0 aliphatic carbocycles. The van der Waals surface area contributed by atoms with E-state index in [2.05, 4.69) is 4.98 Å². The van der Waals surface area contributed by atoms with E-state index < -0.39 is 12.6 Å². The standard InChI is InChI=1S/C10H10N2O4/c1-12-6-3-2-4-7(16-5-8(13)14)9(6)11-10(12)15/h2-4H,5H2,1H3,(H,11,15)(H,13,14). The van der Waals surface area contributed by atoms with Gasteiger partial charge in [-0.2, -0.15) is 0 Å². The highest BCUT2D eigenvalue weighted by Crippen LogP contribution is 2.21. The maximum atomic E-state index is 11.4. The topological polar surface area (TPSA) is 84.3 Å². The van der Waals surface area contributed by atoms with E-state index in [1.807, 2.05) is 0 Å². The maximum absolute atomic E-state index is 11.4. The lowest BCUT2D eigenvalue weighted by atomic mass is 10.3. The number of nitrogens with zero attached hydrogens (tertiary/aromatic N) is 1.